The van der Waals surface area contributed by atoms with Crippen LogP contribution in [0.5, 0.6) is 0 Å². The first-order valence-corrected chi connectivity index (χ1v) is 11.0. The molecule has 2 N–H and O–H groups in total. The van der Waals surface area contributed by atoms with Crippen LogP contribution in [0.25, 0.3) is 0 Å². The van der Waals surface area contributed by atoms with Crippen molar-refractivity contribution in [2.24, 2.45) is 5.14 Å². The molecule has 0 amide bonds. The average Bonchev–Trinajstić information content (AvgIpc) is 2.55. The number of fused-ring (bicyclic) bond motifs is 1. The van der Waals surface area contributed by atoms with E-state index in [0.29, 0.717) is 18.5 Å². The lowest BCUT2D eigenvalue weighted by atomic mass is 10.0. The Morgan fingerprint density at radius 3 is 2.32 bits per heavy atom. The Kier molecular flexibility index (Phi) is 4.72. The minimum absolute atomic E-state index is 0.00373. The maximum absolute atomic E-state index is 12.7. The first kappa shape index (κ1) is 18.1. The Bertz CT molecular complexity index is 997. The predicted molar refractivity (Wildman–Crippen MR) is 95.7 cm³/mol. The highest BCUT2D eigenvalue weighted by Crippen LogP contribution is 2.25. The van der Waals surface area contributed by atoms with Crippen molar-refractivity contribution in [1.29, 1.82) is 0 Å². The van der Waals surface area contributed by atoms with Gasteiger partial charge in [-0.1, -0.05) is 35.9 Å². The molecule has 0 fully saturated rings. The van der Waals surface area contributed by atoms with Crippen molar-refractivity contribution in [3.05, 3.63) is 64.7 Å². The molecule has 0 unspecified atom stereocenters. The van der Waals surface area contributed by atoms with Crippen LogP contribution < -0.4 is 5.14 Å². The third kappa shape index (κ3) is 4.09. The molecular weight excluding hydrogens is 360 g/mol. The fraction of sp³-hybridized carbons (Fsp3) is 0.294. The standard InChI is InChI=1S/C17H20N2O4S2/c1-13-2-4-14(5-3-13)12-24(20,21)19-9-8-15-6-7-17(25(18,22)23)10-16(15)11-19/h2-7,10H,8-9,11-12H2,1H3,(H2,18,22,23). The van der Waals surface area contributed by atoms with E-state index in [4.69, 9.17) is 5.14 Å². The van der Waals surface area contributed by atoms with Gasteiger partial charge in [0.25, 0.3) is 0 Å². The van der Waals surface area contributed by atoms with E-state index in [9.17, 15) is 16.8 Å². The van der Waals surface area contributed by atoms with Crippen molar-refractivity contribution in [3.63, 3.8) is 0 Å². The van der Waals surface area contributed by atoms with E-state index in [1.165, 1.54) is 16.4 Å². The lowest BCUT2D eigenvalue weighted by Gasteiger charge is -2.28. The lowest BCUT2D eigenvalue weighted by molar-refractivity contribution is 0.390. The van der Waals surface area contributed by atoms with Crippen molar-refractivity contribution in [2.45, 2.75) is 30.5 Å². The summed E-state index contributed by atoms with van der Waals surface area (Å²) in [5, 5.41) is 5.17. The smallest absolute Gasteiger partial charge is 0.225 e. The molecule has 0 spiro atoms. The van der Waals surface area contributed by atoms with Crippen LogP contribution in [-0.4, -0.2) is 27.7 Å². The summed E-state index contributed by atoms with van der Waals surface area (Å²) in [5.41, 5.74) is 3.44. The summed E-state index contributed by atoms with van der Waals surface area (Å²) in [5.74, 6) is -0.0719. The molecule has 3 rings (SSSR count). The van der Waals surface area contributed by atoms with Gasteiger partial charge in [0.2, 0.25) is 20.0 Å². The van der Waals surface area contributed by atoms with Gasteiger partial charge in [0.1, 0.15) is 0 Å². The highest BCUT2D eigenvalue weighted by atomic mass is 32.2. The summed E-state index contributed by atoms with van der Waals surface area (Å²) in [6.45, 7) is 2.49. The van der Waals surface area contributed by atoms with E-state index in [1.807, 2.05) is 31.2 Å². The molecule has 1 aliphatic rings. The minimum atomic E-state index is -3.81. The van der Waals surface area contributed by atoms with Gasteiger partial charge < -0.3 is 0 Å². The average molecular weight is 380 g/mol. The van der Waals surface area contributed by atoms with Gasteiger partial charge in [-0.05, 0) is 42.2 Å². The highest BCUT2D eigenvalue weighted by molar-refractivity contribution is 7.89. The third-order valence-electron chi connectivity index (χ3n) is 4.35. The van der Waals surface area contributed by atoms with E-state index in [-0.39, 0.29) is 17.2 Å². The second-order valence-corrected chi connectivity index (χ2v) is 9.83. The Morgan fingerprint density at radius 2 is 1.68 bits per heavy atom. The second-order valence-electron chi connectivity index (χ2n) is 6.30. The molecule has 25 heavy (non-hydrogen) atoms. The maximum atomic E-state index is 12.7. The Labute approximate surface area is 148 Å². The fourth-order valence-corrected chi connectivity index (χ4v) is 4.97. The molecular formula is C17H20N2O4S2. The Hall–Kier alpha value is -1.74. The summed E-state index contributed by atoms with van der Waals surface area (Å²) >= 11 is 0. The van der Waals surface area contributed by atoms with Crippen molar-refractivity contribution in [1.82, 2.24) is 4.31 Å². The van der Waals surface area contributed by atoms with Gasteiger partial charge in [-0.25, -0.2) is 22.0 Å². The number of sulfonamides is 2. The Morgan fingerprint density at radius 1 is 1.00 bits per heavy atom. The zero-order chi connectivity index (χ0) is 18.2. The topological polar surface area (TPSA) is 97.5 Å². The summed E-state index contributed by atoms with van der Waals surface area (Å²) < 4.78 is 49.9. The van der Waals surface area contributed by atoms with Crippen molar-refractivity contribution in [3.8, 4) is 0 Å². The van der Waals surface area contributed by atoms with E-state index >= 15 is 0 Å². The highest BCUT2D eigenvalue weighted by Gasteiger charge is 2.27. The molecule has 0 saturated carbocycles. The van der Waals surface area contributed by atoms with Crippen LogP contribution >= 0.6 is 0 Å². The van der Waals surface area contributed by atoms with Crippen LogP contribution in [0.4, 0.5) is 0 Å². The normalized spacial score (nSPS) is 15.8. The van der Waals surface area contributed by atoms with Crippen LogP contribution in [0.1, 0.15) is 22.3 Å². The molecule has 0 atom stereocenters. The SMILES string of the molecule is Cc1ccc(CS(=O)(=O)N2CCc3ccc(S(N)(=O)=O)cc3C2)cc1. The predicted octanol–water partition coefficient (Wildman–Crippen LogP) is 1.53. The van der Waals surface area contributed by atoms with Crippen molar-refractivity contribution in [2.75, 3.05) is 6.54 Å². The number of rotatable bonds is 4. The zero-order valence-electron chi connectivity index (χ0n) is 13.8. The van der Waals surface area contributed by atoms with Crippen molar-refractivity contribution < 1.29 is 16.8 Å². The van der Waals surface area contributed by atoms with Crippen LogP contribution in [0.2, 0.25) is 0 Å². The van der Waals surface area contributed by atoms with Gasteiger partial charge in [-0.3, -0.25) is 0 Å². The maximum Gasteiger partial charge on any atom is 0.238 e. The van der Waals surface area contributed by atoms with Crippen LogP contribution in [0.3, 0.4) is 0 Å². The summed E-state index contributed by atoms with van der Waals surface area (Å²) in [4.78, 5) is 0.00373. The minimum Gasteiger partial charge on any atom is -0.225 e. The lowest BCUT2D eigenvalue weighted by Crippen LogP contribution is -2.36. The molecule has 0 aliphatic carbocycles. The fourth-order valence-electron chi connectivity index (χ4n) is 2.91. The van der Waals surface area contributed by atoms with Crippen LogP contribution in [-0.2, 0) is 38.8 Å². The first-order valence-electron chi connectivity index (χ1n) is 7.83. The van der Waals surface area contributed by atoms with Crippen LogP contribution in [0.15, 0.2) is 47.4 Å². The van der Waals surface area contributed by atoms with E-state index in [1.54, 1.807) is 6.07 Å². The molecule has 2 aromatic rings. The summed E-state index contributed by atoms with van der Waals surface area (Å²) in [6.07, 6.45) is 0.549. The Balaban J connectivity index is 1.84. The molecule has 1 aliphatic heterocycles. The number of nitrogens with two attached hydrogens (primary N) is 1. The number of benzene rings is 2. The molecule has 134 valence electrons. The number of hydrogen-bond donors (Lipinski definition) is 1. The van der Waals surface area contributed by atoms with Gasteiger partial charge in [-0.15, -0.1) is 0 Å². The first-order chi connectivity index (χ1) is 11.6. The van der Waals surface area contributed by atoms with E-state index < -0.39 is 20.0 Å². The quantitative estimate of drug-likeness (QED) is 0.870. The number of primary sulfonamides is 1. The molecule has 6 nitrogen and oxygen atoms in total. The zero-order valence-corrected chi connectivity index (χ0v) is 15.5. The molecule has 0 bridgehead atoms. The van der Waals surface area contributed by atoms with E-state index in [2.05, 4.69) is 0 Å². The summed E-state index contributed by atoms with van der Waals surface area (Å²) in [6, 6.07) is 12.0. The third-order valence-corrected chi connectivity index (χ3v) is 7.05. The second kappa shape index (κ2) is 6.53. The van der Waals surface area contributed by atoms with Gasteiger partial charge in [0, 0.05) is 13.1 Å². The molecule has 0 radical (unpaired) electrons. The van der Waals surface area contributed by atoms with Gasteiger partial charge >= 0.3 is 0 Å². The largest absolute Gasteiger partial charge is 0.238 e. The summed E-state index contributed by atoms with van der Waals surface area (Å²) in [7, 11) is -7.30. The van der Waals surface area contributed by atoms with Gasteiger partial charge in [0.05, 0.1) is 10.6 Å². The van der Waals surface area contributed by atoms with Crippen LogP contribution in [0, 0.1) is 6.92 Å². The van der Waals surface area contributed by atoms with Crippen molar-refractivity contribution >= 4 is 20.0 Å². The molecule has 0 saturated heterocycles. The number of aryl methyl sites for hydroxylation is 1. The number of hydrogen-bond acceptors (Lipinski definition) is 4. The monoisotopic (exact) mass is 380 g/mol. The molecule has 0 aromatic heterocycles. The van der Waals surface area contributed by atoms with Gasteiger partial charge in [0.15, 0.2) is 0 Å². The molecule has 2 aromatic carbocycles. The number of nitrogens with zero attached hydrogens (tertiary/aromatic N) is 1. The van der Waals surface area contributed by atoms with Gasteiger partial charge in [-0.2, -0.15) is 4.31 Å². The molecule has 8 heteroatoms. The van der Waals surface area contributed by atoms with E-state index in [0.717, 1.165) is 16.7 Å². The molecule has 1 heterocycles.